The van der Waals surface area contributed by atoms with Gasteiger partial charge >= 0.3 is 0 Å². The van der Waals surface area contributed by atoms with Gasteiger partial charge in [0.2, 0.25) is 0 Å². The first kappa shape index (κ1) is 18.4. The van der Waals surface area contributed by atoms with E-state index in [1.165, 1.54) is 11.3 Å². The first-order chi connectivity index (χ1) is 13.5. The Hall–Kier alpha value is -2.98. The van der Waals surface area contributed by atoms with Crippen molar-refractivity contribution >= 4 is 45.9 Å². The van der Waals surface area contributed by atoms with Crippen molar-refractivity contribution in [2.75, 3.05) is 0 Å². The average molecular weight is 418 g/mol. The van der Waals surface area contributed by atoms with Crippen LogP contribution in [-0.2, 0) is 20.0 Å². The van der Waals surface area contributed by atoms with Crippen LogP contribution >= 0.6 is 22.9 Å². The van der Waals surface area contributed by atoms with Crippen molar-refractivity contribution in [3.05, 3.63) is 51.5 Å². The van der Waals surface area contributed by atoms with Crippen LogP contribution in [0.2, 0.25) is 5.35 Å². The van der Waals surface area contributed by atoms with Crippen molar-refractivity contribution in [3.63, 3.8) is 0 Å². The maximum absolute atomic E-state index is 13.1. The molecule has 0 saturated carbocycles. The zero-order valence-corrected chi connectivity index (χ0v) is 16.7. The van der Waals surface area contributed by atoms with Gasteiger partial charge in [-0.3, -0.25) is 9.89 Å². The lowest BCUT2D eigenvalue weighted by Gasteiger charge is -2.16. The molecule has 1 amide bonds. The van der Waals surface area contributed by atoms with Gasteiger partial charge in [-0.15, -0.1) is 11.3 Å². The minimum atomic E-state index is -0.297. The van der Waals surface area contributed by atoms with Gasteiger partial charge in [-0.05, 0) is 30.2 Å². The molecule has 0 spiro atoms. The third kappa shape index (κ3) is 3.20. The fourth-order valence-corrected chi connectivity index (χ4v) is 4.31. The predicted octanol–water partition coefficient (Wildman–Crippen LogP) is 3.16. The molecular weight excluding hydrogens is 402 g/mol. The number of aromatic amines is 1. The van der Waals surface area contributed by atoms with E-state index in [4.69, 9.17) is 21.0 Å². The maximum atomic E-state index is 13.1. The number of aromatic nitrogens is 5. The van der Waals surface area contributed by atoms with E-state index in [9.17, 15) is 4.79 Å². The summed E-state index contributed by atoms with van der Waals surface area (Å²) in [5.74, 6) is -0.297. The highest BCUT2D eigenvalue weighted by atomic mass is 35.5. The molecular formula is C17H16ClN7O2S. The Morgan fingerprint density at radius 2 is 2.32 bits per heavy atom. The van der Waals surface area contributed by atoms with E-state index >= 15 is 0 Å². The number of amides is 1. The van der Waals surface area contributed by atoms with Crippen LogP contribution in [0.15, 0.2) is 28.0 Å². The lowest BCUT2D eigenvalue weighted by molar-refractivity contribution is 0.0738. The number of aryl methyl sites for hydroxylation is 2. The number of carbonyl (C=O) groups is 1. The molecule has 0 radical (unpaired) electrons. The van der Waals surface area contributed by atoms with E-state index in [1.54, 1.807) is 22.1 Å². The summed E-state index contributed by atoms with van der Waals surface area (Å²) >= 11 is 7.25. The maximum Gasteiger partial charge on any atom is 0.292 e. The van der Waals surface area contributed by atoms with E-state index in [0.717, 1.165) is 26.6 Å². The third-order valence-corrected chi connectivity index (χ3v) is 5.68. The topological polar surface area (TPSA) is 105 Å². The Bertz CT molecular complexity index is 1120. The van der Waals surface area contributed by atoms with E-state index in [0.29, 0.717) is 17.8 Å². The zero-order chi connectivity index (χ0) is 19.8. The molecule has 0 aliphatic rings. The summed E-state index contributed by atoms with van der Waals surface area (Å²) in [7, 11) is 1.82. The Labute approximate surface area is 168 Å². The highest BCUT2D eigenvalue weighted by molar-refractivity contribution is 7.18. The lowest BCUT2D eigenvalue weighted by atomic mass is 10.2. The molecule has 9 nitrogen and oxygen atoms in total. The van der Waals surface area contributed by atoms with Gasteiger partial charge in [-0.2, -0.15) is 10.2 Å². The van der Waals surface area contributed by atoms with Crippen molar-refractivity contribution in [2.45, 2.75) is 19.9 Å². The van der Waals surface area contributed by atoms with Crippen molar-refractivity contribution in [3.8, 4) is 0 Å². The molecule has 4 rings (SSSR count). The molecule has 4 aromatic rings. The van der Waals surface area contributed by atoms with Crippen LogP contribution in [0.25, 0.3) is 10.3 Å². The number of fused-ring (bicyclic) bond motifs is 1. The molecule has 0 aromatic carbocycles. The zero-order valence-electron chi connectivity index (χ0n) is 15.1. The number of hydrazone groups is 1. The number of thiazole rings is 1. The van der Waals surface area contributed by atoms with E-state index in [1.807, 2.05) is 20.0 Å². The number of hydrogen-bond acceptors (Lipinski definition) is 7. The quantitative estimate of drug-likeness (QED) is 0.383. The second-order valence-electron chi connectivity index (χ2n) is 6.15. The molecule has 1 N–H and O–H groups in total. The minimum absolute atomic E-state index is 0.0102. The summed E-state index contributed by atoms with van der Waals surface area (Å²) in [6.07, 6.45) is 3.76. The molecule has 144 valence electrons. The fourth-order valence-electron chi connectivity index (χ4n) is 3.03. The Morgan fingerprint density at radius 1 is 1.50 bits per heavy atom. The largest absolute Gasteiger partial charge is 0.436 e. The van der Waals surface area contributed by atoms with Crippen molar-refractivity contribution in [1.82, 2.24) is 29.7 Å². The normalized spacial score (nSPS) is 11.2. The van der Waals surface area contributed by atoms with Crippen LogP contribution in [0.1, 0.15) is 32.4 Å². The number of carbonyl (C=O) groups excluding carboxylic acids is 1. The van der Waals surface area contributed by atoms with Crippen LogP contribution in [0.4, 0.5) is 0 Å². The van der Waals surface area contributed by atoms with Gasteiger partial charge < -0.3 is 8.98 Å². The van der Waals surface area contributed by atoms with E-state index < -0.39 is 0 Å². The number of nitrogens with zero attached hydrogens (tertiary/aromatic N) is 6. The number of nitrogens with one attached hydrogen (secondary N) is 1. The fraction of sp³-hybridized carbons (Fsp3) is 0.235. The molecule has 0 unspecified atom stereocenters. The average Bonchev–Trinajstić information content (AvgIpc) is 3.43. The molecule has 0 aliphatic heterocycles. The Kier molecular flexibility index (Phi) is 4.73. The molecule has 4 aromatic heterocycles. The smallest absolute Gasteiger partial charge is 0.292 e. The predicted molar refractivity (Wildman–Crippen MR) is 106 cm³/mol. The van der Waals surface area contributed by atoms with Crippen LogP contribution in [-0.4, -0.2) is 42.4 Å². The van der Waals surface area contributed by atoms with Crippen LogP contribution in [0.5, 0.6) is 0 Å². The summed E-state index contributed by atoms with van der Waals surface area (Å²) in [5.41, 5.74) is 3.58. The highest BCUT2D eigenvalue weighted by Gasteiger charge is 2.26. The summed E-state index contributed by atoms with van der Waals surface area (Å²) in [6.45, 7) is 5.51. The lowest BCUT2D eigenvalue weighted by Crippen LogP contribution is -2.27. The highest BCUT2D eigenvalue weighted by Crippen LogP contribution is 2.31. The van der Waals surface area contributed by atoms with Gasteiger partial charge in [-0.25, -0.2) is 15.0 Å². The van der Waals surface area contributed by atoms with Crippen molar-refractivity contribution < 1.29 is 9.21 Å². The summed E-state index contributed by atoms with van der Waals surface area (Å²) in [6, 6.07) is 1.91. The van der Waals surface area contributed by atoms with Gasteiger partial charge in [0.05, 0.1) is 11.2 Å². The molecule has 0 atom stereocenters. The first-order valence-electron chi connectivity index (χ1n) is 8.29. The molecule has 0 aliphatic carbocycles. The van der Waals surface area contributed by atoms with Gasteiger partial charge in [0.1, 0.15) is 22.7 Å². The van der Waals surface area contributed by atoms with Gasteiger partial charge in [0.25, 0.3) is 11.3 Å². The number of hydrogen-bond donors (Lipinski definition) is 1. The number of H-pyrrole nitrogens is 1. The third-order valence-electron chi connectivity index (χ3n) is 4.35. The summed E-state index contributed by atoms with van der Waals surface area (Å²) < 4.78 is 7.72. The second kappa shape index (κ2) is 7.21. The van der Waals surface area contributed by atoms with Crippen molar-refractivity contribution in [1.29, 1.82) is 0 Å². The van der Waals surface area contributed by atoms with Gasteiger partial charge in [0, 0.05) is 32.1 Å². The number of rotatable bonds is 6. The van der Waals surface area contributed by atoms with Crippen LogP contribution in [0, 0.1) is 6.92 Å². The molecule has 28 heavy (non-hydrogen) atoms. The second-order valence-corrected chi connectivity index (χ2v) is 7.55. The number of halogens is 1. The summed E-state index contributed by atoms with van der Waals surface area (Å²) in [4.78, 5) is 21.8. The molecule has 0 saturated heterocycles. The Morgan fingerprint density at radius 3 is 2.93 bits per heavy atom. The van der Waals surface area contributed by atoms with Crippen LogP contribution < -0.4 is 0 Å². The molecule has 4 heterocycles. The molecule has 0 bridgehead atoms. The standard InChI is InChI=1S/C17H16ClN7O2S/c1-9-13(16(26)25(19-2)7-11-8-27-17(18)21-11)24(3)15-14(9)28-12(22-15)6-10-4-5-20-23-10/h4-5,8H,2,6-7H2,1,3H3,(H,20,23). The monoisotopic (exact) mass is 417 g/mol. The van der Waals surface area contributed by atoms with Gasteiger partial charge in [-0.1, -0.05) is 0 Å². The Balaban J connectivity index is 1.64. The van der Waals surface area contributed by atoms with Crippen LogP contribution in [0.3, 0.4) is 0 Å². The summed E-state index contributed by atoms with van der Waals surface area (Å²) in [5, 5.41) is 12.9. The van der Waals surface area contributed by atoms with E-state index in [2.05, 4.69) is 27.0 Å². The van der Waals surface area contributed by atoms with Gasteiger partial charge in [0.15, 0.2) is 5.65 Å². The number of oxazole rings is 1. The van der Waals surface area contributed by atoms with Crippen molar-refractivity contribution in [2.24, 2.45) is 12.1 Å². The minimum Gasteiger partial charge on any atom is -0.436 e. The molecule has 0 fully saturated rings. The first-order valence-corrected chi connectivity index (χ1v) is 9.48. The SMILES string of the molecule is C=NN(Cc1coc(Cl)n1)C(=O)c1c(C)c2sc(Cc3ccn[nH]3)nc2n1C. The van der Waals surface area contributed by atoms with E-state index in [-0.39, 0.29) is 17.8 Å². The molecule has 11 heteroatoms.